The maximum absolute atomic E-state index is 11.9. The molecule has 1 fully saturated rings. The second-order valence-electron chi connectivity index (χ2n) is 6.21. The van der Waals surface area contributed by atoms with E-state index in [4.69, 9.17) is 10.5 Å². The minimum Gasteiger partial charge on any atom is -0.377 e. The van der Waals surface area contributed by atoms with Crippen LogP contribution in [0.25, 0.3) is 0 Å². The van der Waals surface area contributed by atoms with Gasteiger partial charge in [0.2, 0.25) is 5.91 Å². The van der Waals surface area contributed by atoms with Crippen LogP contribution < -0.4 is 5.73 Å². The first-order valence-corrected chi connectivity index (χ1v) is 6.98. The van der Waals surface area contributed by atoms with Crippen LogP contribution in [0.1, 0.15) is 40.5 Å². The molecule has 2 unspecified atom stereocenters. The van der Waals surface area contributed by atoms with Crippen molar-refractivity contribution in [3.8, 4) is 0 Å². The summed E-state index contributed by atoms with van der Waals surface area (Å²) in [5.74, 6) is 0.746. The Balaban J connectivity index is 2.42. The van der Waals surface area contributed by atoms with Crippen LogP contribution in [0, 0.1) is 11.3 Å². The van der Waals surface area contributed by atoms with Crippen LogP contribution >= 0.6 is 0 Å². The van der Waals surface area contributed by atoms with Crippen LogP contribution in [0.15, 0.2) is 0 Å². The zero-order valence-corrected chi connectivity index (χ0v) is 12.2. The molecule has 0 aromatic carbocycles. The fourth-order valence-electron chi connectivity index (χ4n) is 2.37. The van der Waals surface area contributed by atoms with E-state index in [0.717, 1.165) is 19.5 Å². The molecule has 2 N–H and O–H groups in total. The standard InChI is InChI=1S/C14H28N2O2/c1-5-18-12(9-15)6-7-16-10-11(8-13(16)17)14(2,3)4/h11-12H,5-10,15H2,1-4H3. The van der Waals surface area contributed by atoms with Crippen LogP contribution in [0.3, 0.4) is 0 Å². The fourth-order valence-corrected chi connectivity index (χ4v) is 2.37. The zero-order chi connectivity index (χ0) is 13.8. The van der Waals surface area contributed by atoms with Gasteiger partial charge in [0.25, 0.3) is 0 Å². The van der Waals surface area contributed by atoms with Gasteiger partial charge in [-0.1, -0.05) is 20.8 Å². The van der Waals surface area contributed by atoms with E-state index in [0.29, 0.717) is 25.5 Å². The maximum Gasteiger partial charge on any atom is 0.222 e. The number of likely N-dealkylation sites (tertiary alicyclic amines) is 1. The van der Waals surface area contributed by atoms with Crippen molar-refractivity contribution in [3.05, 3.63) is 0 Å². The maximum atomic E-state index is 11.9. The number of ether oxygens (including phenoxy) is 1. The van der Waals surface area contributed by atoms with Crippen molar-refractivity contribution >= 4 is 5.91 Å². The first kappa shape index (κ1) is 15.4. The van der Waals surface area contributed by atoms with Crippen LogP contribution in [-0.4, -0.2) is 43.2 Å². The molecule has 1 heterocycles. The van der Waals surface area contributed by atoms with Crippen molar-refractivity contribution in [3.63, 3.8) is 0 Å². The van der Waals surface area contributed by atoms with E-state index in [-0.39, 0.29) is 17.4 Å². The third-order valence-electron chi connectivity index (χ3n) is 3.83. The predicted molar refractivity (Wildman–Crippen MR) is 73.2 cm³/mol. The van der Waals surface area contributed by atoms with E-state index in [1.54, 1.807) is 0 Å². The molecule has 106 valence electrons. The highest BCUT2D eigenvalue weighted by Crippen LogP contribution is 2.34. The monoisotopic (exact) mass is 256 g/mol. The van der Waals surface area contributed by atoms with Gasteiger partial charge >= 0.3 is 0 Å². The number of nitrogens with two attached hydrogens (primary N) is 1. The molecule has 1 aliphatic rings. The summed E-state index contributed by atoms with van der Waals surface area (Å²) in [6.45, 7) is 11.4. The van der Waals surface area contributed by atoms with Gasteiger partial charge in [0, 0.05) is 32.7 Å². The highest BCUT2D eigenvalue weighted by molar-refractivity contribution is 5.78. The summed E-state index contributed by atoms with van der Waals surface area (Å²) in [6, 6.07) is 0. The van der Waals surface area contributed by atoms with Crippen LogP contribution in [0.4, 0.5) is 0 Å². The van der Waals surface area contributed by atoms with Crippen LogP contribution in [0.5, 0.6) is 0 Å². The molecular weight excluding hydrogens is 228 g/mol. The van der Waals surface area contributed by atoms with Crippen molar-refractivity contribution in [2.24, 2.45) is 17.1 Å². The number of hydrogen-bond acceptors (Lipinski definition) is 3. The highest BCUT2D eigenvalue weighted by atomic mass is 16.5. The number of amides is 1. The van der Waals surface area contributed by atoms with Crippen molar-refractivity contribution in [1.29, 1.82) is 0 Å². The summed E-state index contributed by atoms with van der Waals surface area (Å²) in [5, 5.41) is 0. The van der Waals surface area contributed by atoms with E-state index >= 15 is 0 Å². The predicted octanol–water partition coefficient (Wildman–Crippen LogP) is 1.63. The lowest BCUT2D eigenvalue weighted by Crippen LogP contribution is -2.33. The molecule has 4 heteroatoms. The molecular formula is C14H28N2O2. The molecule has 0 radical (unpaired) electrons. The molecule has 0 aromatic rings. The number of rotatable bonds is 6. The molecule has 0 bridgehead atoms. The van der Waals surface area contributed by atoms with Crippen molar-refractivity contribution in [2.45, 2.75) is 46.6 Å². The summed E-state index contributed by atoms with van der Waals surface area (Å²) < 4.78 is 5.52. The molecule has 0 aromatic heterocycles. The molecule has 1 aliphatic heterocycles. The minimum atomic E-state index is 0.0801. The molecule has 1 amide bonds. The quantitative estimate of drug-likeness (QED) is 0.786. The first-order chi connectivity index (χ1) is 8.38. The first-order valence-electron chi connectivity index (χ1n) is 6.98. The SMILES string of the molecule is CCOC(CN)CCN1CC(C(C)(C)C)CC1=O. The molecule has 2 atom stereocenters. The summed E-state index contributed by atoms with van der Waals surface area (Å²) in [6.07, 6.45) is 1.61. The van der Waals surface area contributed by atoms with Gasteiger partial charge in [-0.2, -0.15) is 0 Å². The molecule has 1 rings (SSSR count). The topological polar surface area (TPSA) is 55.6 Å². The number of carbonyl (C=O) groups is 1. The Morgan fingerprint density at radius 1 is 1.50 bits per heavy atom. The van der Waals surface area contributed by atoms with E-state index in [1.807, 2.05) is 11.8 Å². The Hall–Kier alpha value is -0.610. The Labute approximate surface area is 111 Å². The van der Waals surface area contributed by atoms with Crippen molar-refractivity contribution in [2.75, 3.05) is 26.2 Å². The van der Waals surface area contributed by atoms with E-state index in [1.165, 1.54) is 0 Å². The molecule has 0 saturated carbocycles. The van der Waals surface area contributed by atoms with Gasteiger partial charge in [-0.25, -0.2) is 0 Å². The second kappa shape index (κ2) is 6.53. The molecule has 0 aliphatic carbocycles. The van der Waals surface area contributed by atoms with Gasteiger partial charge in [0.05, 0.1) is 6.10 Å². The largest absolute Gasteiger partial charge is 0.377 e. The normalized spacial score (nSPS) is 22.6. The third-order valence-corrected chi connectivity index (χ3v) is 3.83. The van der Waals surface area contributed by atoms with Gasteiger partial charge in [0.1, 0.15) is 0 Å². The second-order valence-corrected chi connectivity index (χ2v) is 6.21. The van der Waals surface area contributed by atoms with Crippen molar-refractivity contribution in [1.82, 2.24) is 4.90 Å². The Kier molecular flexibility index (Phi) is 5.60. The van der Waals surface area contributed by atoms with E-state index in [2.05, 4.69) is 20.8 Å². The molecule has 18 heavy (non-hydrogen) atoms. The zero-order valence-electron chi connectivity index (χ0n) is 12.2. The summed E-state index contributed by atoms with van der Waals surface area (Å²) in [4.78, 5) is 13.9. The minimum absolute atomic E-state index is 0.0801. The summed E-state index contributed by atoms with van der Waals surface area (Å²) in [7, 11) is 0. The fraction of sp³-hybridized carbons (Fsp3) is 0.929. The Morgan fingerprint density at radius 3 is 2.61 bits per heavy atom. The summed E-state index contributed by atoms with van der Waals surface area (Å²) in [5.41, 5.74) is 5.85. The molecule has 0 spiro atoms. The van der Waals surface area contributed by atoms with Crippen LogP contribution in [0.2, 0.25) is 0 Å². The smallest absolute Gasteiger partial charge is 0.222 e. The molecule has 1 saturated heterocycles. The van der Waals surface area contributed by atoms with Gasteiger partial charge in [-0.15, -0.1) is 0 Å². The van der Waals surface area contributed by atoms with E-state index < -0.39 is 0 Å². The lowest BCUT2D eigenvalue weighted by Gasteiger charge is -2.27. The number of hydrogen-bond donors (Lipinski definition) is 1. The van der Waals surface area contributed by atoms with Crippen LogP contribution in [-0.2, 0) is 9.53 Å². The van der Waals surface area contributed by atoms with Gasteiger partial charge in [0.15, 0.2) is 0 Å². The Bertz CT molecular complexity index is 273. The summed E-state index contributed by atoms with van der Waals surface area (Å²) >= 11 is 0. The number of carbonyl (C=O) groups excluding carboxylic acids is 1. The van der Waals surface area contributed by atoms with Gasteiger partial charge in [-0.05, 0) is 24.7 Å². The van der Waals surface area contributed by atoms with Gasteiger partial charge < -0.3 is 15.4 Å². The Morgan fingerprint density at radius 2 is 2.17 bits per heavy atom. The lowest BCUT2D eigenvalue weighted by atomic mass is 9.80. The average Bonchev–Trinajstić information content (AvgIpc) is 2.66. The highest BCUT2D eigenvalue weighted by Gasteiger charge is 2.36. The van der Waals surface area contributed by atoms with Crippen molar-refractivity contribution < 1.29 is 9.53 Å². The number of nitrogens with zero attached hydrogens (tertiary/aromatic N) is 1. The van der Waals surface area contributed by atoms with E-state index in [9.17, 15) is 4.79 Å². The lowest BCUT2D eigenvalue weighted by molar-refractivity contribution is -0.128. The molecule has 4 nitrogen and oxygen atoms in total. The van der Waals surface area contributed by atoms with Gasteiger partial charge in [-0.3, -0.25) is 4.79 Å². The average molecular weight is 256 g/mol. The third kappa shape index (κ3) is 4.25.